The van der Waals surface area contributed by atoms with Gasteiger partial charge in [-0.15, -0.1) is 0 Å². The molecule has 1 amide bonds. The van der Waals surface area contributed by atoms with Crippen LogP contribution in [0.15, 0.2) is 49.1 Å². The van der Waals surface area contributed by atoms with Gasteiger partial charge in [0.05, 0.1) is 0 Å². The maximum Gasteiger partial charge on any atom is 0.244 e. The average Bonchev–Trinajstić information content (AvgIpc) is 3.35. The van der Waals surface area contributed by atoms with Crippen LogP contribution >= 0.6 is 0 Å². The first-order valence-electron chi connectivity index (χ1n) is 8.68. The molecule has 0 unspecified atom stereocenters. The van der Waals surface area contributed by atoms with Crippen molar-refractivity contribution in [1.29, 1.82) is 0 Å². The molecular weight excluding hydrogens is 330 g/mol. The van der Waals surface area contributed by atoms with Crippen LogP contribution in [0, 0.1) is 6.92 Å². The molecule has 8 heteroatoms. The largest absolute Gasteiger partial charge is 0.353 e. The van der Waals surface area contributed by atoms with Crippen molar-refractivity contribution in [3.05, 3.63) is 54.9 Å². The molecule has 0 aromatic carbocycles. The minimum Gasteiger partial charge on any atom is -0.353 e. The lowest BCUT2D eigenvalue weighted by Crippen LogP contribution is -2.50. The second-order valence-electron chi connectivity index (χ2n) is 6.29. The van der Waals surface area contributed by atoms with E-state index < -0.39 is 0 Å². The summed E-state index contributed by atoms with van der Waals surface area (Å²) in [5.74, 6) is 2.60. The van der Waals surface area contributed by atoms with Crippen LogP contribution in [0.25, 0.3) is 5.82 Å². The van der Waals surface area contributed by atoms with E-state index in [0.717, 1.165) is 30.5 Å². The Bertz CT molecular complexity index is 865. The maximum absolute atomic E-state index is 12.4. The predicted molar refractivity (Wildman–Crippen MR) is 97.1 cm³/mol. The van der Waals surface area contributed by atoms with Gasteiger partial charge in [-0.3, -0.25) is 9.48 Å². The standard InChI is InChI=1S/C18H21N7O/c1-15-20-16(22-6-2-3-7-22)13-17(21-15)23-9-11-24(12-10-23)18(26)14-25-8-4-5-19-25/h2-8,13H,9-12,14H2,1H3. The highest BCUT2D eigenvalue weighted by Gasteiger charge is 2.22. The summed E-state index contributed by atoms with van der Waals surface area (Å²) in [5, 5.41) is 4.10. The van der Waals surface area contributed by atoms with Crippen LogP contribution in [-0.4, -0.2) is 61.3 Å². The zero-order chi connectivity index (χ0) is 17.9. The Labute approximate surface area is 151 Å². The third-order valence-corrected chi connectivity index (χ3v) is 4.49. The van der Waals surface area contributed by atoms with Gasteiger partial charge in [0, 0.05) is 57.0 Å². The van der Waals surface area contributed by atoms with E-state index in [1.165, 1.54) is 0 Å². The zero-order valence-corrected chi connectivity index (χ0v) is 14.7. The fourth-order valence-electron chi connectivity index (χ4n) is 3.14. The van der Waals surface area contributed by atoms with Crippen molar-refractivity contribution < 1.29 is 4.79 Å². The summed E-state index contributed by atoms with van der Waals surface area (Å²) in [6.07, 6.45) is 7.43. The second kappa shape index (κ2) is 6.99. The molecule has 0 aliphatic carbocycles. The molecule has 8 nitrogen and oxygen atoms in total. The zero-order valence-electron chi connectivity index (χ0n) is 14.7. The van der Waals surface area contributed by atoms with E-state index in [1.54, 1.807) is 17.1 Å². The van der Waals surface area contributed by atoms with E-state index in [0.29, 0.717) is 13.1 Å². The first kappa shape index (κ1) is 16.3. The third kappa shape index (κ3) is 3.44. The van der Waals surface area contributed by atoms with Crippen molar-refractivity contribution in [3.63, 3.8) is 0 Å². The fraction of sp³-hybridized carbons (Fsp3) is 0.333. The molecule has 3 aromatic heterocycles. The Balaban J connectivity index is 1.42. The molecule has 0 saturated carbocycles. The molecule has 0 radical (unpaired) electrons. The van der Waals surface area contributed by atoms with Gasteiger partial charge in [0.25, 0.3) is 0 Å². The lowest BCUT2D eigenvalue weighted by atomic mass is 10.3. The van der Waals surface area contributed by atoms with Crippen LogP contribution in [0.3, 0.4) is 0 Å². The summed E-state index contributed by atoms with van der Waals surface area (Å²) in [4.78, 5) is 25.6. The molecule has 1 aliphatic rings. The summed E-state index contributed by atoms with van der Waals surface area (Å²) in [6, 6.07) is 7.77. The Morgan fingerprint density at radius 2 is 1.73 bits per heavy atom. The fourth-order valence-corrected chi connectivity index (χ4v) is 3.14. The number of carbonyl (C=O) groups excluding carboxylic acids is 1. The van der Waals surface area contributed by atoms with Gasteiger partial charge in [0.1, 0.15) is 24.0 Å². The minimum absolute atomic E-state index is 0.0975. The normalized spacial score (nSPS) is 14.7. The van der Waals surface area contributed by atoms with Crippen molar-refractivity contribution in [1.82, 2.24) is 29.2 Å². The van der Waals surface area contributed by atoms with E-state index in [9.17, 15) is 4.79 Å². The molecule has 134 valence electrons. The number of hydrogen-bond acceptors (Lipinski definition) is 5. The van der Waals surface area contributed by atoms with Gasteiger partial charge < -0.3 is 14.4 Å². The molecule has 0 bridgehead atoms. The van der Waals surface area contributed by atoms with Gasteiger partial charge in [-0.2, -0.15) is 5.10 Å². The second-order valence-corrected chi connectivity index (χ2v) is 6.29. The van der Waals surface area contributed by atoms with Crippen molar-refractivity contribution in [2.24, 2.45) is 0 Å². The van der Waals surface area contributed by atoms with Crippen LogP contribution in [0.2, 0.25) is 0 Å². The molecule has 3 aromatic rings. The summed E-state index contributed by atoms with van der Waals surface area (Å²) in [6.45, 7) is 5.07. The molecule has 0 spiro atoms. The van der Waals surface area contributed by atoms with Crippen LogP contribution in [0.1, 0.15) is 5.82 Å². The molecule has 4 rings (SSSR count). The van der Waals surface area contributed by atoms with E-state index in [4.69, 9.17) is 0 Å². The van der Waals surface area contributed by atoms with Crippen LogP contribution in [0.5, 0.6) is 0 Å². The number of hydrogen-bond donors (Lipinski definition) is 0. The van der Waals surface area contributed by atoms with Gasteiger partial charge in [-0.05, 0) is 25.1 Å². The monoisotopic (exact) mass is 351 g/mol. The van der Waals surface area contributed by atoms with Crippen LogP contribution < -0.4 is 4.90 Å². The van der Waals surface area contributed by atoms with E-state index in [-0.39, 0.29) is 12.5 Å². The lowest BCUT2D eigenvalue weighted by Gasteiger charge is -2.35. The van der Waals surface area contributed by atoms with E-state index in [2.05, 4.69) is 20.0 Å². The van der Waals surface area contributed by atoms with Gasteiger partial charge in [-0.1, -0.05) is 0 Å². The highest BCUT2D eigenvalue weighted by Crippen LogP contribution is 2.17. The van der Waals surface area contributed by atoms with E-state index >= 15 is 0 Å². The molecule has 1 saturated heterocycles. The first-order chi connectivity index (χ1) is 12.7. The van der Waals surface area contributed by atoms with Gasteiger partial charge in [-0.25, -0.2) is 9.97 Å². The SMILES string of the molecule is Cc1nc(N2CCN(C(=O)Cn3cccn3)CC2)cc(-n2cccc2)n1. The average molecular weight is 351 g/mol. The molecule has 26 heavy (non-hydrogen) atoms. The molecule has 4 heterocycles. The topological polar surface area (TPSA) is 72.1 Å². The molecular formula is C18H21N7O. The van der Waals surface area contributed by atoms with Gasteiger partial charge >= 0.3 is 0 Å². The summed E-state index contributed by atoms with van der Waals surface area (Å²) >= 11 is 0. The highest BCUT2D eigenvalue weighted by molar-refractivity contribution is 5.76. The quantitative estimate of drug-likeness (QED) is 0.704. The minimum atomic E-state index is 0.0975. The molecule has 0 atom stereocenters. The molecule has 1 aliphatic heterocycles. The summed E-state index contributed by atoms with van der Waals surface area (Å²) in [5.41, 5.74) is 0. The molecule has 1 fully saturated rings. The van der Waals surface area contributed by atoms with E-state index in [1.807, 2.05) is 53.0 Å². The van der Waals surface area contributed by atoms with Crippen LogP contribution in [-0.2, 0) is 11.3 Å². The Kier molecular flexibility index (Phi) is 4.39. The third-order valence-electron chi connectivity index (χ3n) is 4.49. The van der Waals surface area contributed by atoms with Crippen molar-refractivity contribution in [2.75, 3.05) is 31.1 Å². The summed E-state index contributed by atoms with van der Waals surface area (Å²) < 4.78 is 3.63. The number of carbonyl (C=O) groups is 1. The Morgan fingerprint density at radius 3 is 2.42 bits per heavy atom. The Hall–Kier alpha value is -3.16. The van der Waals surface area contributed by atoms with Gasteiger partial charge in [0.2, 0.25) is 5.91 Å². The molecule has 0 N–H and O–H groups in total. The van der Waals surface area contributed by atoms with Gasteiger partial charge in [0.15, 0.2) is 0 Å². The number of amides is 1. The number of piperazine rings is 1. The number of rotatable bonds is 4. The lowest BCUT2D eigenvalue weighted by molar-refractivity contribution is -0.132. The number of nitrogens with zero attached hydrogens (tertiary/aromatic N) is 7. The highest BCUT2D eigenvalue weighted by atomic mass is 16.2. The number of aromatic nitrogens is 5. The van der Waals surface area contributed by atoms with Crippen molar-refractivity contribution in [3.8, 4) is 5.82 Å². The number of anilines is 1. The summed E-state index contributed by atoms with van der Waals surface area (Å²) in [7, 11) is 0. The van der Waals surface area contributed by atoms with Crippen molar-refractivity contribution in [2.45, 2.75) is 13.5 Å². The van der Waals surface area contributed by atoms with Crippen LogP contribution in [0.4, 0.5) is 5.82 Å². The Morgan fingerprint density at radius 1 is 1.00 bits per heavy atom. The van der Waals surface area contributed by atoms with Crippen molar-refractivity contribution >= 4 is 11.7 Å². The number of aryl methyl sites for hydroxylation is 1. The predicted octanol–water partition coefficient (Wildman–Crippen LogP) is 1.12. The smallest absolute Gasteiger partial charge is 0.244 e. The first-order valence-corrected chi connectivity index (χ1v) is 8.68. The maximum atomic E-state index is 12.4.